The second kappa shape index (κ2) is 10.8. The molecule has 0 unspecified atom stereocenters. The van der Waals surface area contributed by atoms with Crippen molar-refractivity contribution < 1.29 is 26.4 Å². The topological polar surface area (TPSA) is 130 Å². The Kier molecular flexibility index (Phi) is 8.65. The van der Waals surface area contributed by atoms with Gasteiger partial charge in [0.15, 0.2) is 0 Å². The molecule has 0 bridgehead atoms. The highest BCUT2D eigenvalue weighted by Gasteiger charge is 2.31. The minimum Gasteiger partial charge on any atom is -0.258 e. The van der Waals surface area contributed by atoms with E-state index in [1.165, 1.54) is 36.4 Å². The zero-order valence-corrected chi connectivity index (χ0v) is 19.9. The molecule has 2 rings (SSSR count). The summed E-state index contributed by atoms with van der Waals surface area (Å²) in [6, 6.07) is 8.24. The van der Waals surface area contributed by atoms with Gasteiger partial charge in [-0.05, 0) is 49.7 Å². The lowest BCUT2D eigenvalue weighted by Crippen LogP contribution is -2.50. The van der Waals surface area contributed by atoms with Crippen LogP contribution < -0.4 is 10.0 Å². The molecule has 174 valence electrons. The SMILES string of the molecule is CCCCCN(C(=O)NC(=O)NS(=O)(=O)c1ccc(Cl)cc1)S(=O)(=O)c1ccc(C)cc1. The molecule has 0 aliphatic rings. The van der Waals surface area contributed by atoms with E-state index < -0.39 is 32.1 Å². The van der Waals surface area contributed by atoms with Gasteiger partial charge in [-0.2, -0.15) is 0 Å². The minimum atomic E-state index is -4.30. The number of amides is 4. The maximum atomic E-state index is 13.0. The van der Waals surface area contributed by atoms with Crippen molar-refractivity contribution in [3.8, 4) is 0 Å². The Balaban J connectivity index is 2.21. The van der Waals surface area contributed by atoms with Crippen molar-refractivity contribution in [2.75, 3.05) is 6.54 Å². The van der Waals surface area contributed by atoms with Crippen molar-refractivity contribution in [2.24, 2.45) is 0 Å². The second-order valence-corrected chi connectivity index (χ2v) is 10.9. The summed E-state index contributed by atoms with van der Waals surface area (Å²) in [5.74, 6) is 0. The Hall–Kier alpha value is -2.63. The van der Waals surface area contributed by atoms with Crippen molar-refractivity contribution in [1.82, 2.24) is 14.3 Å². The Labute approximate surface area is 192 Å². The molecule has 0 heterocycles. The summed E-state index contributed by atoms with van der Waals surface area (Å²) >= 11 is 5.72. The third kappa shape index (κ3) is 6.68. The van der Waals surface area contributed by atoms with Crippen molar-refractivity contribution in [2.45, 2.75) is 42.9 Å². The van der Waals surface area contributed by atoms with Gasteiger partial charge in [0, 0.05) is 11.6 Å². The first kappa shape index (κ1) is 25.6. The van der Waals surface area contributed by atoms with Crippen LogP contribution in [0, 0.1) is 6.92 Å². The van der Waals surface area contributed by atoms with Crippen molar-refractivity contribution in [3.05, 3.63) is 59.1 Å². The number of imide groups is 1. The zero-order chi connectivity index (χ0) is 23.9. The van der Waals surface area contributed by atoms with Crippen LogP contribution in [0.25, 0.3) is 0 Å². The number of benzene rings is 2. The molecule has 0 saturated carbocycles. The van der Waals surface area contributed by atoms with Crippen LogP contribution in [0.2, 0.25) is 5.02 Å². The third-order valence-corrected chi connectivity index (χ3v) is 7.77. The lowest BCUT2D eigenvalue weighted by Gasteiger charge is -2.22. The molecule has 0 saturated heterocycles. The normalized spacial score (nSPS) is 11.6. The largest absolute Gasteiger partial charge is 0.339 e. The molecule has 0 atom stereocenters. The van der Waals surface area contributed by atoms with Gasteiger partial charge in [0.05, 0.1) is 9.79 Å². The van der Waals surface area contributed by atoms with Crippen LogP contribution in [0.1, 0.15) is 31.7 Å². The molecular weight excluding hydrogens is 478 g/mol. The van der Waals surface area contributed by atoms with Gasteiger partial charge in [-0.15, -0.1) is 0 Å². The Morgan fingerprint density at radius 1 is 0.906 bits per heavy atom. The molecule has 32 heavy (non-hydrogen) atoms. The first-order valence-electron chi connectivity index (χ1n) is 9.70. The maximum Gasteiger partial charge on any atom is 0.339 e. The van der Waals surface area contributed by atoms with E-state index in [1.807, 2.05) is 6.92 Å². The predicted molar refractivity (Wildman–Crippen MR) is 120 cm³/mol. The summed E-state index contributed by atoms with van der Waals surface area (Å²) in [7, 11) is -8.57. The average molecular weight is 502 g/mol. The number of sulfonamides is 2. The number of hydrogen-bond acceptors (Lipinski definition) is 6. The molecule has 0 fully saturated rings. The third-order valence-electron chi connectivity index (χ3n) is 4.37. The highest BCUT2D eigenvalue weighted by Crippen LogP contribution is 2.18. The van der Waals surface area contributed by atoms with Gasteiger partial charge in [0.25, 0.3) is 20.0 Å². The zero-order valence-electron chi connectivity index (χ0n) is 17.5. The Morgan fingerprint density at radius 3 is 2.03 bits per heavy atom. The minimum absolute atomic E-state index is 0.121. The molecular formula is C20H24ClN3O6S2. The number of unbranched alkanes of at least 4 members (excludes halogenated alkanes) is 2. The van der Waals surface area contributed by atoms with Gasteiger partial charge in [0.1, 0.15) is 0 Å². The van der Waals surface area contributed by atoms with E-state index in [4.69, 9.17) is 11.6 Å². The van der Waals surface area contributed by atoms with Crippen LogP contribution in [-0.4, -0.2) is 39.7 Å². The summed E-state index contributed by atoms with van der Waals surface area (Å²) < 4.78 is 52.8. The number of carbonyl (C=O) groups is 2. The van der Waals surface area contributed by atoms with Gasteiger partial charge in [-0.25, -0.2) is 35.5 Å². The molecule has 0 aromatic heterocycles. The maximum absolute atomic E-state index is 13.0. The fourth-order valence-electron chi connectivity index (χ4n) is 2.65. The summed E-state index contributed by atoms with van der Waals surface area (Å²) in [5, 5.41) is 2.08. The first-order valence-corrected chi connectivity index (χ1v) is 13.0. The fourth-order valence-corrected chi connectivity index (χ4v) is 5.05. The molecule has 12 heteroatoms. The number of carbonyl (C=O) groups excluding carboxylic acids is 2. The number of urea groups is 2. The highest BCUT2D eigenvalue weighted by molar-refractivity contribution is 7.90. The Morgan fingerprint density at radius 2 is 1.47 bits per heavy atom. The molecule has 2 N–H and O–H groups in total. The molecule has 9 nitrogen and oxygen atoms in total. The van der Waals surface area contributed by atoms with Gasteiger partial charge in [-0.1, -0.05) is 49.1 Å². The van der Waals surface area contributed by atoms with Crippen molar-refractivity contribution in [3.63, 3.8) is 0 Å². The quantitative estimate of drug-likeness (QED) is 0.531. The average Bonchev–Trinajstić information content (AvgIpc) is 2.71. The second-order valence-electron chi connectivity index (χ2n) is 6.92. The number of aryl methyl sites for hydroxylation is 1. The Bertz CT molecular complexity index is 1160. The molecule has 0 aliphatic heterocycles. The van der Waals surface area contributed by atoms with E-state index in [0.29, 0.717) is 22.2 Å². The van der Waals surface area contributed by atoms with Gasteiger partial charge < -0.3 is 0 Å². The van der Waals surface area contributed by atoms with E-state index in [2.05, 4.69) is 0 Å². The number of nitrogens with one attached hydrogen (secondary N) is 2. The number of nitrogens with zero attached hydrogens (tertiary/aromatic N) is 1. The molecule has 0 radical (unpaired) electrons. The fraction of sp³-hybridized carbons (Fsp3) is 0.300. The molecule has 2 aromatic rings. The standard InChI is InChI=1S/C20H24ClN3O6S2/c1-3-4-5-14-24(32(29,30)18-10-6-15(2)7-11-18)20(26)22-19(25)23-31(27,28)17-12-8-16(21)9-13-17/h6-13H,3-5,14H2,1-2H3,(H2,22,23,25,26). The van der Waals surface area contributed by atoms with Crippen molar-refractivity contribution in [1.29, 1.82) is 0 Å². The summed E-state index contributed by atoms with van der Waals surface area (Å²) in [6.45, 7) is 3.52. The summed E-state index contributed by atoms with van der Waals surface area (Å²) in [4.78, 5) is 24.5. The van der Waals surface area contributed by atoms with Crippen LogP contribution in [-0.2, 0) is 20.0 Å². The number of halogens is 1. The molecule has 0 spiro atoms. The van der Waals surface area contributed by atoms with Crippen LogP contribution in [0.15, 0.2) is 58.3 Å². The molecule has 0 aliphatic carbocycles. The van der Waals surface area contributed by atoms with Gasteiger partial charge >= 0.3 is 12.1 Å². The van der Waals surface area contributed by atoms with E-state index in [9.17, 15) is 26.4 Å². The first-order chi connectivity index (χ1) is 15.0. The smallest absolute Gasteiger partial charge is 0.258 e. The summed E-state index contributed by atoms with van der Waals surface area (Å²) in [6.07, 6.45) is 1.81. The van der Waals surface area contributed by atoms with Crippen LogP contribution >= 0.6 is 11.6 Å². The van der Waals surface area contributed by atoms with E-state index in [0.717, 1.165) is 12.0 Å². The van der Waals surface area contributed by atoms with E-state index in [1.54, 1.807) is 29.1 Å². The summed E-state index contributed by atoms with van der Waals surface area (Å²) in [5.41, 5.74) is 0.831. The van der Waals surface area contributed by atoms with Crippen LogP contribution in [0.5, 0.6) is 0 Å². The van der Waals surface area contributed by atoms with Crippen LogP contribution in [0.3, 0.4) is 0 Å². The molecule has 2 aromatic carbocycles. The number of rotatable bonds is 8. The van der Waals surface area contributed by atoms with E-state index in [-0.39, 0.29) is 16.3 Å². The van der Waals surface area contributed by atoms with Crippen molar-refractivity contribution >= 4 is 43.7 Å². The lowest BCUT2D eigenvalue weighted by atomic mass is 10.2. The molecule has 4 amide bonds. The van der Waals surface area contributed by atoms with Gasteiger partial charge in [-0.3, -0.25) is 5.32 Å². The van der Waals surface area contributed by atoms with E-state index >= 15 is 0 Å². The predicted octanol–water partition coefficient (Wildman–Crippen LogP) is 3.64. The van der Waals surface area contributed by atoms with Crippen LogP contribution in [0.4, 0.5) is 9.59 Å². The lowest BCUT2D eigenvalue weighted by molar-refractivity contribution is 0.216. The monoisotopic (exact) mass is 501 g/mol. The highest BCUT2D eigenvalue weighted by atomic mass is 35.5. The number of hydrogen-bond donors (Lipinski definition) is 2. The van der Waals surface area contributed by atoms with Gasteiger partial charge in [0.2, 0.25) is 0 Å².